The molecule has 84 valence electrons. The van der Waals surface area contributed by atoms with Gasteiger partial charge in [0, 0.05) is 6.08 Å². The summed E-state index contributed by atoms with van der Waals surface area (Å²) in [5, 5.41) is 8.80. The minimum atomic E-state index is -0.180. The van der Waals surface area contributed by atoms with Crippen LogP contribution in [0.3, 0.4) is 0 Å². The number of carbonyl (C=O) groups excluding carboxylic acids is 1. The molecule has 1 N–H and O–H groups in total. The predicted molar refractivity (Wildman–Crippen MR) is 65.7 cm³/mol. The van der Waals surface area contributed by atoms with Crippen molar-refractivity contribution in [3.63, 3.8) is 0 Å². The molecule has 0 bridgehead atoms. The van der Waals surface area contributed by atoms with Gasteiger partial charge < -0.3 is 9.52 Å². The molecule has 4 nitrogen and oxygen atoms in total. The van der Waals surface area contributed by atoms with Gasteiger partial charge in [0.15, 0.2) is 0 Å². The van der Waals surface area contributed by atoms with Crippen LogP contribution >= 0.6 is 24.0 Å². The van der Waals surface area contributed by atoms with Crippen LogP contribution in [-0.4, -0.2) is 33.4 Å². The van der Waals surface area contributed by atoms with E-state index in [1.165, 1.54) is 16.7 Å². The zero-order valence-corrected chi connectivity index (χ0v) is 9.88. The molecule has 0 spiro atoms. The Kier molecular flexibility index (Phi) is 3.42. The van der Waals surface area contributed by atoms with Gasteiger partial charge in [0.2, 0.25) is 0 Å². The number of nitrogens with zero attached hydrogens (tertiary/aromatic N) is 1. The first-order valence-corrected chi connectivity index (χ1v) is 5.84. The van der Waals surface area contributed by atoms with E-state index in [1.54, 1.807) is 24.5 Å². The highest BCUT2D eigenvalue weighted by Gasteiger charge is 2.31. The van der Waals surface area contributed by atoms with Crippen molar-refractivity contribution in [1.82, 2.24) is 4.90 Å². The molecule has 6 heteroatoms. The van der Waals surface area contributed by atoms with Crippen molar-refractivity contribution in [2.45, 2.75) is 0 Å². The predicted octanol–water partition coefficient (Wildman–Crippen LogP) is 1.47. The molecule has 1 fully saturated rings. The van der Waals surface area contributed by atoms with E-state index in [4.69, 9.17) is 21.7 Å². The Balaban J connectivity index is 2.20. The van der Waals surface area contributed by atoms with E-state index in [2.05, 4.69) is 0 Å². The highest BCUT2D eigenvalue weighted by atomic mass is 32.2. The Morgan fingerprint density at radius 2 is 2.44 bits per heavy atom. The van der Waals surface area contributed by atoms with Gasteiger partial charge in [0.05, 0.1) is 24.3 Å². The van der Waals surface area contributed by atoms with Gasteiger partial charge in [-0.1, -0.05) is 24.0 Å². The lowest BCUT2D eigenvalue weighted by atomic mass is 10.3. The number of β-amino-alcohol motifs (C(OH)–C–C–N with tert-alkyl or cyclic N) is 1. The Morgan fingerprint density at radius 1 is 1.62 bits per heavy atom. The average molecular weight is 255 g/mol. The molecule has 1 saturated heterocycles. The number of amides is 1. The third-order valence-corrected chi connectivity index (χ3v) is 3.39. The maximum Gasteiger partial charge on any atom is 0.266 e. The molecule has 0 unspecified atom stereocenters. The molecular formula is C10H9NO3S2. The summed E-state index contributed by atoms with van der Waals surface area (Å²) in [6.07, 6.45) is 3.19. The lowest BCUT2D eigenvalue weighted by molar-refractivity contribution is -0.122. The van der Waals surface area contributed by atoms with Gasteiger partial charge in [-0.3, -0.25) is 9.69 Å². The van der Waals surface area contributed by atoms with Gasteiger partial charge in [-0.15, -0.1) is 0 Å². The molecule has 2 rings (SSSR count). The SMILES string of the molecule is O=C1/C(=C/c2ccco2)SC(=S)N1CCO. The minimum absolute atomic E-state index is 0.0968. The summed E-state index contributed by atoms with van der Waals surface area (Å²) in [6, 6.07) is 3.51. The second kappa shape index (κ2) is 4.82. The number of thiocarbonyl (C=S) groups is 1. The lowest BCUT2D eigenvalue weighted by Gasteiger charge is -2.11. The molecule has 1 aromatic heterocycles. The van der Waals surface area contributed by atoms with Crippen molar-refractivity contribution in [1.29, 1.82) is 0 Å². The van der Waals surface area contributed by atoms with Crippen LogP contribution in [0.15, 0.2) is 27.7 Å². The summed E-state index contributed by atoms with van der Waals surface area (Å²) < 4.78 is 5.59. The number of rotatable bonds is 3. The van der Waals surface area contributed by atoms with Gasteiger partial charge in [-0.25, -0.2) is 0 Å². The molecule has 16 heavy (non-hydrogen) atoms. The second-order valence-electron chi connectivity index (χ2n) is 3.07. The van der Waals surface area contributed by atoms with Crippen LogP contribution in [0.25, 0.3) is 6.08 Å². The first-order valence-electron chi connectivity index (χ1n) is 4.62. The van der Waals surface area contributed by atoms with Crippen molar-refractivity contribution >= 4 is 40.3 Å². The van der Waals surface area contributed by atoms with Crippen molar-refractivity contribution in [2.75, 3.05) is 13.2 Å². The molecule has 0 saturated carbocycles. The average Bonchev–Trinajstić information content (AvgIpc) is 2.84. The summed E-state index contributed by atoms with van der Waals surface area (Å²) >= 11 is 6.26. The molecule has 0 aliphatic carbocycles. The fourth-order valence-corrected chi connectivity index (χ4v) is 2.58. The smallest absolute Gasteiger partial charge is 0.266 e. The number of thioether (sulfide) groups is 1. The molecule has 0 radical (unpaired) electrons. The Bertz CT molecular complexity index is 439. The van der Waals surface area contributed by atoms with E-state index < -0.39 is 0 Å². The maximum atomic E-state index is 11.8. The number of carbonyl (C=O) groups is 1. The number of furan rings is 1. The lowest BCUT2D eigenvalue weighted by Crippen LogP contribution is -2.30. The summed E-state index contributed by atoms with van der Waals surface area (Å²) in [6.45, 7) is 0.140. The molecule has 1 amide bonds. The van der Waals surface area contributed by atoms with Crippen LogP contribution < -0.4 is 0 Å². The zero-order valence-electron chi connectivity index (χ0n) is 8.25. The number of hydrogen-bond acceptors (Lipinski definition) is 5. The third-order valence-electron chi connectivity index (χ3n) is 2.01. The van der Waals surface area contributed by atoms with Crippen LogP contribution in [-0.2, 0) is 4.79 Å². The van der Waals surface area contributed by atoms with E-state index in [1.807, 2.05) is 0 Å². The van der Waals surface area contributed by atoms with Gasteiger partial charge in [-0.05, 0) is 12.1 Å². The zero-order chi connectivity index (χ0) is 11.5. The topological polar surface area (TPSA) is 53.7 Å². The summed E-state index contributed by atoms with van der Waals surface area (Å²) in [4.78, 5) is 13.7. The van der Waals surface area contributed by atoms with E-state index in [9.17, 15) is 4.79 Å². The quantitative estimate of drug-likeness (QED) is 0.655. The van der Waals surface area contributed by atoms with E-state index in [-0.39, 0.29) is 19.1 Å². The third kappa shape index (κ3) is 2.18. The van der Waals surface area contributed by atoms with Crippen LogP contribution in [0, 0.1) is 0 Å². The molecule has 1 aromatic rings. The number of aliphatic hydroxyl groups is 1. The van der Waals surface area contributed by atoms with Crippen LogP contribution in [0.5, 0.6) is 0 Å². The Hall–Kier alpha value is -1.11. The van der Waals surface area contributed by atoms with Crippen LogP contribution in [0.2, 0.25) is 0 Å². The molecule has 1 aliphatic heterocycles. The van der Waals surface area contributed by atoms with E-state index >= 15 is 0 Å². The van der Waals surface area contributed by atoms with E-state index in [0.717, 1.165) is 0 Å². The van der Waals surface area contributed by atoms with Crippen molar-refractivity contribution < 1.29 is 14.3 Å². The normalized spacial score (nSPS) is 18.8. The van der Waals surface area contributed by atoms with Crippen molar-refractivity contribution in [3.05, 3.63) is 29.1 Å². The van der Waals surface area contributed by atoms with Gasteiger partial charge in [-0.2, -0.15) is 0 Å². The van der Waals surface area contributed by atoms with Gasteiger partial charge in [0.25, 0.3) is 5.91 Å². The summed E-state index contributed by atoms with van der Waals surface area (Å²) in [5.74, 6) is 0.435. The fourth-order valence-electron chi connectivity index (χ4n) is 1.30. The number of hydrogen-bond donors (Lipinski definition) is 1. The molecular weight excluding hydrogens is 246 g/mol. The van der Waals surface area contributed by atoms with Crippen molar-refractivity contribution in [3.8, 4) is 0 Å². The largest absolute Gasteiger partial charge is 0.465 e. The first-order chi connectivity index (χ1) is 7.72. The monoisotopic (exact) mass is 255 g/mol. The van der Waals surface area contributed by atoms with Crippen LogP contribution in [0.1, 0.15) is 5.76 Å². The van der Waals surface area contributed by atoms with Gasteiger partial charge >= 0.3 is 0 Å². The second-order valence-corrected chi connectivity index (χ2v) is 4.75. The van der Waals surface area contributed by atoms with Crippen molar-refractivity contribution in [2.24, 2.45) is 0 Å². The Morgan fingerprint density at radius 3 is 3.06 bits per heavy atom. The fraction of sp³-hybridized carbons (Fsp3) is 0.200. The maximum absolute atomic E-state index is 11.8. The number of aliphatic hydroxyl groups excluding tert-OH is 1. The summed E-state index contributed by atoms with van der Waals surface area (Å²) in [7, 11) is 0. The molecule has 0 atom stereocenters. The molecule has 0 aromatic carbocycles. The Labute approximate surface area is 102 Å². The highest BCUT2D eigenvalue weighted by molar-refractivity contribution is 8.26. The minimum Gasteiger partial charge on any atom is -0.465 e. The van der Waals surface area contributed by atoms with E-state index in [0.29, 0.717) is 15.0 Å². The highest BCUT2D eigenvalue weighted by Crippen LogP contribution is 2.32. The summed E-state index contributed by atoms with van der Waals surface area (Å²) in [5.41, 5.74) is 0. The standard InChI is InChI=1S/C10H9NO3S2/c12-4-3-11-9(13)8(16-10(11)15)6-7-2-1-5-14-7/h1-2,5-6,12H,3-4H2/b8-6-. The van der Waals surface area contributed by atoms with Gasteiger partial charge in [0.1, 0.15) is 10.1 Å². The molecule has 1 aliphatic rings. The molecule has 2 heterocycles. The first kappa shape index (κ1) is 11.4. The van der Waals surface area contributed by atoms with Crippen LogP contribution in [0.4, 0.5) is 0 Å².